The molecule has 3 amide bonds. The SMILES string of the molecule is COc1cc2nn(C3CCN(CCOCCOCCOc4ccc5c(c4)C(=O)N(C4CCC(=O)CC4=O)C5=O)CC3)cc2cc1NC(=O)c1cccc(C(F)(F)F)n1. The first-order valence-corrected chi connectivity index (χ1v) is 18.9. The van der Waals surface area contributed by atoms with Gasteiger partial charge in [-0.05, 0) is 55.7 Å². The van der Waals surface area contributed by atoms with Crippen LogP contribution in [-0.4, -0.2) is 120 Å². The first kappa shape index (κ1) is 40.5. The Morgan fingerprint density at radius 2 is 1.64 bits per heavy atom. The number of hydrogen-bond donors (Lipinski definition) is 1. The molecule has 306 valence electrons. The van der Waals surface area contributed by atoms with Crippen LogP contribution < -0.4 is 14.8 Å². The van der Waals surface area contributed by atoms with Crippen molar-refractivity contribution in [2.24, 2.45) is 0 Å². The van der Waals surface area contributed by atoms with Crippen LogP contribution in [0.3, 0.4) is 0 Å². The number of Topliss-reactive ketones (excluding diaryl/α,β-unsaturated/α-hetero) is 2. The number of fused-ring (bicyclic) bond motifs is 2. The van der Waals surface area contributed by atoms with Crippen LogP contribution in [0.4, 0.5) is 18.9 Å². The highest BCUT2D eigenvalue weighted by Crippen LogP contribution is 2.34. The van der Waals surface area contributed by atoms with E-state index < -0.39 is 41.4 Å². The van der Waals surface area contributed by atoms with Crippen LogP contribution in [0.15, 0.2) is 54.7 Å². The maximum Gasteiger partial charge on any atom is 0.433 e. The largest absolute Gasteiger partial charge is 0.494 e. The van der Waals surface area contributed by atoms with Crippen molar-refractivity contribution in [3.05, 3.63) is 77.2 Å². The molecule has 1 atom stereocenters. The van der Waals surface area contributed by atoms with E-state index in [4.69, 9.17) is 24.0 Å². The van der Waals surface area contributed by atoms with Crippen LogP contribution in [0.25, 0.3) is 10.9 Å². The van der Waals surface area contributed by atoms with Gasteiger partial charge in [0.05, 0.1) is 74.4 Å². The summed E-state index contributed by atoms with van der Waals surface area (Å²) in [5.41, 5.74) is -0.229. The van der Waals surface area contributed by atoms with Crippen molar-refractivity contribution in [2.45, 2.75) is 50.4 Å². The molecule has 2 aromatic carbocycles. The number of pyridine rings is 1. The summed E-state index contributed by atoms with van der Waals surface area (Å²) in [4.78, 5) is 69.5. The number of alkyl halides is 3. The Labute approximate surface area is 330 Å². The lowest BCUT2D eigenvalue weighted by Gasteiger charge is -2.31. The number of aromatic nitrogens is 3. The number of carbonyl (C=O) groups excluding carboxylic acids is 5. The average molecular weight is 807 g/mol. The molecular weight excluding hydrogens is 765 g/mol. The van der Waals surface area contributed by atoms with E-state index in [1.54, 1.807) is 18.2 Å². The Bertz CT molecular complexity index is 2220. The normalized spacial score (nSPS) is 17.9. The number of rotatable bonds is 15. The number of benzene rings is 2. The van der Waals surface area contributed by atoms with Gasteiger partial charge in [0.1, 0.15) is 35.3 Å². The van der Waals surface area contributed by atoms with Gasteiger partial charge in [0.15, 0.2) is 5.78 Å². The van der Waals surface area contributed by atoms with Crippen molar-refractivity contribution in [1.29, 1.82) is 0 Å². The highest BCUT2D eigenvalue weighted by atomic mass is 19.4. The Kier molecular flexibility index (Phi) is 12.2. The number of halogens is 3. The van der Waals surface area contributed by atoms with Crippen molar-refractivity contribution >= 4 is 45.9 Å². The summed E-state index contributed by atoms with van der Waals surface area (Å²) in [7, 11) is 1.43. The van der Waals surface area contributed by atoms with Crippen LogP contribution in [-0.2, 0) is 25.2 Å². The summed E-state index contributed by atoms with van der Waals surface area (Å²) in [6, 6.07) is 10.3. The molecule has 1 unspecified atom stereocenters. The predicted octanol–water partition coefficient (Wildman–Crippen LogP) is 4.75. The van der Waals surface area contributed by atoms with Crippen molar-refractivity contribution in [3.8, 4) is 11.5 Å². The summed E-state index contributed by atoms with van der Waals surface area (Å²) >= 11 is 0. The number of hydrogen-bond acceptors (Lipinski definition) is 12. The molecule has 0 radical (unpaired) electrons. The molecule has 4 heterocycles. The Morgan fingerprint density at radius 3 is 2.38 bits per heavy atom. The zero-order chi connectivity index (χ0) is 41.0. The van der Waals surface area contributed by atoms with Crippen LogP contribution in [0.1, 0.15) is 75.0 Å². The lowest BCUT2D eigenvalue weighted by Crippen LogP contribution is -2.47. The van der Waals surface area contributed by atoms with Gasteiger partial charge in [-0.1, -0.05) is 6.07 Å². The molecule has 18 heteroatoms. The van der Waals surface area contributed by atoms with Crippen molar-refractivity contribution in [2.75, 3.05) is 65.1 Å². The Morgan fingerprint density at radius 1 is 0.897 bits per heavy atom. The minimum Gasteiger partial charge on any atom is -0.494 e. The lowest BCUT2D eigenvalue weighted by molar-refractivity contribution is -0.141. The Hall–Kier alpha value is -5.72. The smallest absolute Gasteiger partial charge is 0.433 e. The number of amides is 3. The van der Waals surface area contributed by atoms with Crippen molar-refractivity contribution in [1.82, 2.24) is 24.6 Å². The van der Waals surface area contributed by atoms with Gasteiger partial charge in [0.2, 0.25) is 0 Å². The van der Waals surface area contributed by atoms with E-state index >= 15 is 0 Å². The molecule has 4 aromatic rings. The zero-order valence-corrected chi connectivity index (χ0v) is 31.6. The average Bonchev–Trinajstić information content (AvgIpc) is 3.73. The number of methoxy groups -OCH3 is 1. The number of ketones is 2. The first-order valence-electron chi connectivity index (χ1n) is 18.9. The second-order valence-electron chi connectivity index (χ2n) is 14.2. The molecule has 2 fully saturated rings. The number of anilines is 1. The van der Waals surface area contributed by atoms with Gasteiger partial charge >= 0.3 is 6.18 Å². The summed E-state index contributed by atoms with van der Waals surface area (Å²) in [6.45, 7) is 4.21. The lowest BCUT2D eigenvalue weighted by atomic mass is 9.92. The molecule has 15 nitrogen and oxygen atoms in total. The molecule has 58 heavy (non-hydrogen) atoms. The van der Waals surface area contributed by atoms with Gasteiger partial charge in [0.25, 0.3) is 17.7 Å². The molecule has 1 N–H and O–H groups in total. The molecule has 1 aliphatic carbocycles. The minimum atomic E-state index is -4.68. The van der Waals surface area contributed by atoms with E-state index in [1.807, 2.05) is 10.9 Å². The topological polar surface area (TPSA) is 171 Å². The fourth-order valence-electron chi connectivity index (χ4n) is 7.32. The van der Waals surface area contributed by atoms with Crippen LogP contribution >= 0.6 is 0 Å². The van der Waals surface area contributed by atoms with E-state index in [1.165, 1.54) is 25.3 Å². The van der Waals surface area contributed by atoms with E-state index in [0.29, 0.717) is 36.8 Å². The number of ether oxygens (including phenoxy) is 4. The number of piperidine rings is 1. The quantitative estimate of drug-likeness (QED) is 0.0996. The van der Waals surface area contributed by atoms with Gasteiger partial charge in [-0.2, -0.15) is 18.3 Å². The number of imide groups is 1. The first-order chi connectivity index (χ1) is 27.9. The Balaban J connectivity index is 0.793. The monoisotopic (exact) mass is 806 g/mol. The maximum atomic E-state index is 13.1. The van der Waals surface area contributed by atoms with E-state index in [9.17, 15) is 37.1 Å². The minimum absolute atomic E-state index is 0.144. The molecule has 1 saturated heterocycles. The summed E-state index contributed by atoms with van der Waals surface area (Å²) in [5.74, 6) is -1.81. The third kappa shape index (κ3) is 9.03. The second-order valence-corrected chi connectivity index (χ2v) is 14.2. The third-order valence-electron chi connectivity index (χ3n) is 10.4. The van der Waals surface area contributed by atoms with Gasteiger partial charge < -0.3 is 29.2 Å². The number of nitrogens with zero attached hydrogens (tertiary/aromatic N) is 5. The van der Waals surface area contributed by atoms with Crippen LogP contribution in [0, 0.1) is 0 Å². The molecule has 7 rings (SSSR count). The molecular formula is C40H41F3N6O9. The van der Waals surface area contributed by atoms with Gasteiger partial charge in [-0.25, -0.2) is 4.98 Å². The van der Waals surface area contributed by atoms with Gasteiger partial charge in [-0.3, -0.25) is 33.6 Å². The summed E-state index contributed by atoms with van der Waals surface area (Å²) in [5, 5.41) is 8.09. The molecule has 2 aliphatic heterocycles. The fourth-order valence-corrected chi connectivity index (χ4v) is 7.32. The second kappa shape index (κ2) is 17.4. The maximum absolute atomic E-state index is 13.1. The highest BCUT2D eigenvalue weighted by molar-refractivity contribution is 6.23. The summed E-state index contributed by atoms with van der Waals surface area (Å²) < 4.78 is 63.8. The van der Waals surface area contributed by atoms with Crippen molar-refractivity contribution in [3.63, 3.8) is 0 Å². The molecule has 0 bridgehead atoms. The number of carbonyl (C=O) groups is 5. The fraction of sp³-hybridized carbons (Fsp3) is 0.425. The van der Waals surface area contributed by atoms with Gasteiger partial charge in [-0.15, -0.1) is 0 Å². The third-order valence-corrected chi connectivity index (χ3v) is 10.4. The van der Waals surface area contributed by atoms with E-state index in [2.05, 4.69) is 15.2 Å². The standard InChI is InChI=1S/C40H41F3N6O9/c1-55-35-22-31-24(19-32(35)45-37(52)30-3-2-4-36(44-30)40(41,42)43)23-48(46-31)25-9-11-47(12-10-25)13-14-56-15-16-57-17-18-58-27-6-7-28-29(21-27)39(54)49(38(28)53)33-8-5-26(50)20-34(33)51/h2-4,6-7,19,21-23,25,33H,5,8-18,20H2,1H3,(H,45,52). The summed E-state index contributed by atoms with van der Waals surface area (Å²) in [6.07, 6.45) is -1.05. The van der Waals surface area contributed by atoms with Crippen LogP contribution in [0.2, 0.25) is 0 Å². The van der Waals surface area contributed by atoms with Crippen molar-refractivity contribution < 1.29 is 56.1 Å². The predicted molar refractivity (Wildman–Crippen MR) is 200 cm³/mol. The number of nitrogens with one attached hydrogen (secondary N) is 1. The molecule has 0 spiro atoms. The van der Waals surface area contributed by atoms with E-state index in [0.717, 1.165) is 54.9 Å². The van der Waals surface area contributed by atoms with Gasteiger partial charge in [0, 0.05) is 43.7 Å². The molecule has 2 aromatic heterocycles. The molecule has 3 aliphatic rings. The molecule has 1 saturated carbocycles. The van der Waals surface area contributed by atoms with Crippen LogP contribution in [0.5, 0.6) is 11.5 Å². The number of likely N-dealkylation sites (tertiary alicyclic amines) is 1. The highest BCUT2D eigenvalue weighted by Gasteiger charge is 2.44. The van der Waals surface area contributed by atoms with E-state index in [-0.39, 0.29) is 66.8 Å². The zero-order valence-electron chi connectivity index (χ0n) is 31.6.